The summed E-state index contributed by atoms with van der Waals surface area (Å²) >= 11 is 0. The maximum absolute atomic E-state index is 13.3. The summed E-state index contributed by atoms with van der Waals surface area (Å²) in [6.07, 6.45) is -10.5. The second kappa shape index (κ2) is 24.6. The van der Waals surface area contributed by atoms with Crippen LogP contribution >= 0.6 is 0 Å². The van der Waals surface area contributed by atoms with Gasteiger partial charge < -0.3 is 76.7 Å². The summed E-state index contributed by atoms with van der Waals surface area (Å²) < 4.78 is 0. The molecule has 15 N–H and O–H groups in total. The molecule has 19 nitrogen and oxygen atoms in total. The van der Waals surface area contributed by atoms with Crippen molar-refractivity contribution in [3.8, 4) is 0 Å². The van der Waals surface area contributed by atoms with Gasteiger partial charge in [0.15, 0.2) is 0 Å². The number of carbonyl (C=O) groups is 2. The van der Waals surface area contributed by atoms with Gasteiger partial charge in [-0.25, -0.2) is 9.97 Å². The molecule has 398 valence electrons. The number of nitrogens with zero attached hydrogens (tertiary/aromatic N) is 2. The number of aliphatic hydroxyl groups excluding tert-OH is 10. The molecule has 0 spiro atoms. The van der Waals surface area contributed by atoms with Crippen LogP contribution in [0, 0.1) is 13.8 Å². The molecule has 4 aromatic rings. The first-order valence-corrected chi connectivity index (χ1v) is 25.3. The number of aromatic amines is 3. The molecule has 73 heavy (non-hydrogen) atoms. The largest absolute Gasteiger partial charge is 0.394 e. The highest BCUT2D eigenvalue weighted by atomic mass is 16.4. The number of amides is 2. The van der Waals surface area contributed by atoms with Crippen LogP contribution in [0.5, 0.6) is 0 Å². The van der Waals surface area contributed by atoms with E-state index in [4.69, 9.17) is 20.2 Å². The molecule has 6 rings (SSSR count). The van der Waals surface area contributed by atoms with Crippen LogP contribution in [0.15, 0.2) is 24.3 Å². The molecule has 2 aliphatic heterocycles. The van der Waals surface area contributed by atoms with Crippen molar-refractivity contribution in [2.24, 2.45) is 0 Å². The number of rotatable bonds is 22. The fourth-order valence-corrected chi connectivity index (χ4v) is 10.0. The molecule has 0 saturated carbocycles. The molecule has 0 aliphatic carbocycles. The van der Waals surface area contributed by atoms with Crippen LogP contribution in [0.4, 0.5) is 0 Å². The lowest BCUT2D eigenvalue weighted by Gasteiger charge is -2.25. The van der Waals surface area contributed by atoms with E-state index in [-0.39, 0.29) is 25.7 Å². The van der Waals surface area contributed by atoms with E-state index in [9.17, 15) is 50.4 Å². The summed E-state index contributed by atoms with van der Waals surface area (Å²) in [5.41, 5.74) is 17.9. The van der Waals surface area contributed by atoms with E-state index < -0.39 is 86.9 Å². The zero-order valence-electron chi connectivity index (χ0n) is 43.1. The van der Waals surface area contributed by atoms with Gasteiger partial charge in [-0.15, -0.1) is 0 Å². The minimum Gasteiger partial charge on any atom is -0.394 e. The van der Waals surface area contributed by atoms with E-state index >= 15 is 0 Å². The Morgan fingerprint density at radius 3 is 1.14 bits per heavy atom. The number of carbonyl (C=O) groups excluding carboxylic acids is 2. The molecular formula is C54H75N7O12. The predicted molar refractivity (Wildman–Crippen MR) is 280 cm³/mol. The minimum absolute atomic E-state index is 0.00305. The highest BCUT2D eigenvalue weighted by Crippen LogP contribution is 2.40. The molecule has 6 heterocycles. The van der Waals surface area contributed by atoms with Gasteiger partial charge in [-0.05, 0) is 146 Å². The Morgan fingerprint density at radius 1 is 0.479 bits per heavy atom. The van der Waals surface area contributed by atoms with Crippen LogP contribution in [0.3, 0.4) is 0 Å². The van der Waals surface area contributed by atoms with Crippen molar-refractivity contribution >= 4 is 67.2 Å². The highest BCUT2D eigenvalue weighted by molar-refractivity contribution is 6.00. The topological polar surface area (TPSA) is 334 Å². The van der Waals surface area contributed by atoms with Crippen LogP contribution < -0.4 is 10.6 Å². The second-order valence-electron chi connectivity index (χ2n) is 19.1. The summed E-state index contributed by atoms with van der Waals surface area (Å²) in [4.78, 5) is 48.3. The fourth-order valence-electron chi connectivity index (χ4n) is 10.0. The van der Waals surface area contributed by atoms with Crippen molar-refractivity contribution in [1.82, 2.24) is 35.6 Å². The van der Waals surface area contributed by atoms with Crippen LogP contribution in [0.2, 0.25) is 0 Å². The molecule has 8 atom stereocenters. The Balaban J connectivity index is 1.52. The van der Waals surface area contributed by atoms with E-state index in [1.165, 1.54) is 0 Å². The Kier molecular flexibility index (Phi) is 19.1. The Bertz CT molecular complexity index is 2740. The smallest absolute Gasteiger partial charge is 0.220 e. The number of H-pyrrole nitrogens is 3. The first kappa shape index (κ1) is 56.7. The lowest BCUT2D eigenvalue weighted by atomic mass is 9.99. The van der Waals surface area contributed by atoms with Gasteiger partial charge in [0.25, 0.3) is 0 Å². The van der Waals surface area contributed by atoms with Crippen molar-refractivity contribution in [3.05, 3.63) is 80.4 Å². The SMILES string of the molecule is CCC1=C(C)c2nc1cc1[nH]c(cc3[nH]c(cc4[nH]c(cc5nc2C(C)=C5CC)c(C)c4CCC(=O)NC[C@H](O)[C@@H](O)[C@H](O)[C@H](O)CO)c(CC)c3CC)c(CCC(=O)NC[C@H](O)[C@@H](O)[C@H](O)[C@H](O)CO)c1C. The molecule has 2 amide bonds. The summed E-state index contributed by atoms with van der Waals surface area (Å²) in [6, 6.07) is 8.20. The number of allylic oxidation sites excluding steroid dienone is 4. The summed E-state index contributed by atoms with van der Waals surface area (Å²) in [7, 11) is 0. The Hall–Kier alpha value is -5.58. The van der Waals surface area contributed by atoms with Gasteiger partial charge in [0.1, 0.15) is 36.6 Å². The maximum Gasteiger partial charge on any atom is 0.220 e. The van der Waals surface area contributed by atoms with Crippen LogP contribution in [0.25, 0.3) is 55.4 Å². The maximum atomic E-state index is 13.3. The molecule has 10 bridgehead atoms. The van der Waals surface area contributed by atoms with E-state index in [0.717, 1.165) is 112 Å². The third-order valence-electron chi connectivity index (χ3n) is 14.5. The minimum atomic E-state index is -1.82. The van der Waals surface area contributed by atoms with Crippen LogP contribution in [-0.4, -0.2) is 163 Å². The zero-order chi connectivity index (χ0) is 53.6. The Labute approximate surface area is 424 Å². The summed E-state index contributed by atoms with van der Waals surface area (Å²) in [5.74, 6) is -0.846. The van der Waals surface area contributed by atoms with Crippen molar-refractivity contribution in [2.75, 3.05) is 26.3 Å². The normalized spacial score (nSPS) is 16.3. The molecule has 4 aromatic heterocycles. The molecule has 0 fully saturated rings. The van der Waals surface area contributed by atoms with Crippen molar-refractivity contribution in [2.45, 2.75) is 156 Å². The lowest BCUT2D eigenvalue weighted by Crippen LogP contribution is -2.49. The number of fused-ring (bicyclic) bond motifs is 11. The molecule has 0 unspecified atom stereocenters. The van der Waals surface area contributed by atoms with Gasteiger partial charge in [0.2, 0.25) is 11.8 Å². The van der Waals surface area contributed by atoms with Crippen molar-refractivity contribution in [1.29, 1.82) is 0 Å². The average Bonchev–Trinajstić information content (AvgIpc) is 4.14. The molecule has 0 saturated heterocycles. The number of hydrogen-bond donors (Lipinski definition) is 15. The third kappa shape index (κ3) is 12.2. The first-order chi connectivity index (χ1) is 34.7. The number of aryl methyl sites for hydroxylation is 6. The van der Waals surface area contributed by atoms with Crippen molar-refractivity contribution < 1.29 is 60.7 Å². The number of nitrogens with one attached hydrogen (secondary N) is 5. The van der Waals surface area contributed by atoms with E-state index in [2.05, 4.69) is 79.3 Å². The predicted octanol–water partition coefficient (Wildman–Crippen LogP) is 2.75. The van der Waals surface area contributed by atoms with Crippen LogP contribution in [0.1, 0.15) is 123 Å². The van der Waals surface area contributed by atoms with Gasteiger partial charge in [0, 0.05) is 59.0 Å². The van der Waals surface area contributed by atoms with Crippen molar-refractivity contribution in [3.63, 3.8) is 0 Å². The van der Waals surface area contributed by atoms with Gasteiger partial charge in [-0.2, -0.15) is 0 Å². The first-order valence-electron chi connectivity index (χ1n) is 25.3. The van der Waals surface area contributed by atoms with Gasteiger partial charge in [-0.3, -0.25) is 9.59 Å². The standard InChI is InChI=1S/C54H75N7O12/c1-9-29-27(7)49-50-28(8)30(10-2)38(61-50)18-36-26(6)34(14-16-48(69)56-22-44(65)52(71)54(73)46(67)24-63)42(58-36)20-40-32(12-4)31(11-3)39(59-40)19-41-33(25(5)35(57-41)17-37(29)60-49)13-15-47(68)55-21-43(64)51(70)53(72)45(66)23-62/h17-20,43-46,51-54,57-59,62-67,70-73H,9-16,21-24H2,1-8H3,(H,55,68)(H,56,69)/t43-,44-,45+,46+,51+,52+,53+,54+/m0/s1. The van der Waals surface area contributed by atoms with E-state index in [1.54, 1.807) is 0 Å². The Morgan fingerprint density at radius 2 is 0.808 bits per heavy atom. The quantitative estimate of drug-likeness (QED) is 0.0539. The van der Waals surface area contributed by atoms with Crippen LogP contribution in [-0.2, 0) is 35.3 Å². The average molecular weight is 1010 g/mol. The second-order valence-corrected chi connectivity index (χ2v) is 19.1. The third-order valence-corrected chi connectivity index (χ3v) is 14.5. The van der Waals surface area contributed by atoms with Gasteiger partial charge >= 0.3 is 0 Å². The summed E-state index contributed by atoms with van der Waals surface area (Å²) in [6.45, 7) is 14.0. The number of hydrogen-bond acceptors (Lipinski definition) is 14. The van der Waals surface area contributed by atoms with Gasteiger partial charge in [0.05, 0.1) is 48.2 Å². The summed E-state index contributed by atoms with van der Waals surface area (Å²) in [5, 5.41) is 105. The monoisotopic (exact) mass is 1010 g/mol. The molecule has 0 aromatic carbocycles. The van der Waals surface area contributed by atoms with Gasteiger partial charge in [-0.1, -0.05) is 27.7 Å². The lowest BCUT2D eigenvalue weighted by molar-refractivity contribution is -0.126. The number of aliphatic hydroxyl groups is 10. The number of aromatic nitrogens is 5. The fraction of sp³-hybridized carbons (Fsp3) is 0.519. The molecule has 19 heteroatoms. The molecular weight excluding hydrogens is 939 g/mol. The molecule has 2 aliphatic rings. The zero-order valence-corrected chi connectivity index (χ0v) is 43.1. The van der Waals surface area contributed by atoms with E-state index in [0.29, 0.717) is 25.7 Å². The molecule has 0 radical (unpaired) electrons. The van der Waals surface area contributed by atoms with E-state index in [1.807, 2.05) is 26.0 Å². The highest BCUT2D eigenvalue weighted by Gasteiger charge is 2.32.